The van der Waals surface area contributed by atoms with Crippen LogP contribution in [0.2, 0.25) is 0 Å². The monoisotopic (exact) mass is 374 g/mol. The van der Waals surface area contributed by atoms with Crippen molar-refractivity contribution < 1.29 is 4.79 Å². The molecule has 1 unspecified atom stereocenters. The Balaban J connectivity index is 0.00000196. The second-order valence-electron chi connectivity index (χ2n) is 7.11. The Kier molecular flexibility index (Phi) is 5.68. The Morgan fingerprint density at radius 3 is 2.73 bits per heavy atom. The summed E-state index contributed by atoms with van der Waals surface area (Å²) < 4.78 is 2.00. The van der Waals surface area contributed by atoms with E-state index in [2.05, 4.69) is 43.4 Å². The lowest BCUT2D eigenvalue weighted by Crippen LogP contribution is -2.52. The second-order valence-corrected chi connectivity index (χ2v) is 7.11. The molecule has 1 aliphatic carbocycles. The molecule has 1 saturated heterocycles. The molecule has 6 heteroatoms. The maximum atomic E-state index is 13.1. The molecule has 26 heavy (non-hydrogen) atoms. The van der Waals surface area contributed by atoms with E-state index < -0.39 is 0 Å². The normalized spacial score (nSPS) is 19.2. The Bertz CT molecular complexity index is 784. The number of aromatic nitrogens is 2. The molecular formula is C20H27ClN4O. The molecule has 0 bridgehead atoms. The van der Waals surface area contributed by atoms with Crippen LogP contribution in [0.15, 0.2) is 24.3 Å². The van der Waals surface area contributed by atoms with Crippen LogP contribution < -0.4 is 5.32 Å². The van der Waals surface area contributed by atoms with Crippen molar-refractivity contribution in [1.82, 2.24) is 20.0 Å². The lowest BCUT2D eigenvalue weighted by molar-refractivity contribution is 0.0648. The van der Waals surface area contributed by atoms with Gasteiger partial charge in [-0.05, 0) is 50.3 Å². The van der Waals surface area contributed by atoms with Crippen molar-refractivity contribution in [2.24, 2.45) is 0 Å². The maximum Gasteiger partial charge on any atom is 0.274 e. The van der Waals surface area contributed by atoms with Crippen LogP contribution in [-0.2, 0) is 19.3 Å². The first-order chi connectivity index (χ1) is 12.2. The summed E-state index contributed by atoms with van der Waals surface area (Å²) in [7, 11) is 0. The van der Waals surface area contributed by atoms with Gasteiger partial charge in [0.1, 0.15) is 0 Å². The maximum absolute atomic E-state index is 13.1. The summed E-state index contributed by atoms with van der Waals surface area (Å²) in [4.78, 5) is 15.1. The Morgan fingerprint density at radius 1 is 1.27 bits per heavy atom. The molecule has 0 saturated carbocycles. The van der Waals surface area contributed by atoms with Crippen LogP contribution in [0.4, 0.5) is 0 Å². The topological polar surface area (TPSA) is 50.2 Å². The van der Waals surface area contributed by atoms with Gasteiger partial charge in [-0.25, -0.2) is 4.68 Å². The standard InChI is InChI=1S/C20H26N4O.ClH/c1-3-15-7-9-16(10-8-15)24-18-6-4-5-17(18)19(22-24)20(25)23-12-11-21-13-14(23)2;/h7-10,14,21H,3-6,11-13H2,1-2H3;1H. The molecule has 5 nitrogen and oxygen atoms in total. The van der Waals surface area contributed by atoms with Gasteiger partial charge in [-0.3, -0.25) is 4.79 Å². The third-order valence-electron chi connectivity index (χ3n) is 5.48. The smallest absolute Gasteiger partial charge is 0.274 e. The summed E-state index contributed by atoms with van der Waals surface area (Å²) in [6.07, 6.45) is 4.10. The van der Waals surface area contributed by atoms with Crippen molar-refractivity contribution in [3.8, 4) is 5.69 Å². The van der Waals surface area contributed by atoms with Crippen LogP contribution >= 0.6 is 12.4 Å². The second kappa shape index (κ2) is 7.80. The molecule has 1 fully saturated rings. The fourth-order valence-corrected chi connectivity index (χ4v) is 3.97. The molecule has 2 heterocycles. The van der Waals surface area contributed by atoms with Gasteiger partial charge in [0.25, 0.3) is 5.91 Å². The van der Waals surface area contributed by atoms with E-state index in [9.17, 15) is 4.79 Å². The third-order valence-corrected chi connectivity index (χ3v) is 5.48. The highest BCUT2D eigenvalue weighted by molar-refractivity contribution is 5.94. The molecule has 1 amide bonds. The fraction of sp³-hybridized carbons (Fsp3) is 0.500. The van der Waals surface area contributed by atoms with E-state index in [1.807, 2.05) is 9.58 Å². The number of rotatable bonds is 3. The average molecular weight is 375 g/mol. The molecule has 1 aromatic carbocycles. The van der Waals surface area contributed by atoms with Crippen LogP contribution in [0, 0.1) is 0 Å². The van der Waals surface area contributed by atoms with Gasteiger partial charge in [0.15, 0.2) is 5.69 Å². The summed E-state index contributed by atoms with van der Waals surface area (Å²) in [5.74, 6) is 0.0936. The first-order valence-corrected chi connectivity index (χ1v) is 9.40. The van der Waals surface area contributed by atoms with E-state index in [1.165, 1.54) is 11.3 Å². The lowest BCUT2D eigenvalue weighted by Gasteiger charge is -2.33. The number of piperazine rings is 1. The van der Waals surface area contributed by atoms with E-state index in [4.69, 9.17) is 5.10 Å². The van der Waals surface area contributed by atoms with Crippen LogP contribution in [0.1, 0.15) is 47.6 Å². The Labute approximate surface area is 161 Å². The highest BCUT2D eigenvalue weighted by Crippen LogP contribution is 2.29. The van der Waals surface area contributed by atoms with E-state index in [0.717, 1.165) is 56.6 Å². The minimum Gasteiger partial charge on any atom is -0.332 e. The summed E-state index contributed by atoms with van der Waals surface area (Å²) in [5.41, 5.74) is 5.42. The van der Waals surface area contributed by atoms with Crippen molar-refractivity contribution in [2.45, 2.75) is 45.6 Å². The molecule has 0 spiro atoms. The minimum absolute atomic E-state index is 0. The Hall–Kier alpha value is -1.85. The van der Waals surface area contributed by atoms with Gasteiger partial charge in [0.2, 0.25) is 0 Å². The predicted octanol–water partition coefficient (Wildman–Crippen LogP) is 2.78. The number of amides is 1. The molecule has 140 valence electrons. The van der Waals surface area contributed by atoms with Crippen molar-refractivity contribution in [2.75, 3.05) is 19.6 Å². The number of benzene rings is 1. The predicted molar refractivity (Wildman–Crippen MR) is 106 cm³/mol. The number of carbonyl (C=O) groups is 1. The summed E-state index contributed by atoms with van der Waals surface area (Å²) in [5, 5.41) is 8.12. The van der Waals surface area contributed by atoms with Crippen LogP contribution in [0.25, 0.3) is 5.69 Å². The van der Waals surface area contributed by atoms with E-state index in [1.54, 1.807) is 0 Å². The highest BCUT2D eigenvalue weighted by Gasteiger charge is 2.32. The molecule has 0 radical (unpaired) electrons. The molecule has 1 aromatic heterocycles. The zero-order valence-electron chi connectivity index (χ0n) is 15.5. The van der Waals surface area contributed by atoms with Crippen LogP contribution in [0.5, 0.6) is 0 Å². The summed E-state index contributed by atoms with van der Waals surface area (Å²) in [6.45, 7) is 6.73. The van der Waals surface area contributed by atoms with Crippen molar-refractivity contribution in [3.05, 3.63) is 46.8 Å². The van der Waals surface area contributed by atoms with Gasteiger partial charge < -0.3 is 10.2 Å². The number of hydrogen-bond donors (Lipinski definition) is 1. The molecule has 2 aromatic rings. The van der Waals surface area contributed by atoms with Gasteiger partial charge in [-0.1, -0.05) is 19.1 Å². The molecule has 1 atom stereocenters. The van der Waals surface area contributed by atoms with Crippen molar-refractivity contribution in [3.63, 3.8) is 0 Å². The number of nitrogens with zero attached hydrogens (tertiary/aromatic N) is 3. The fourth-order valence-electron chi connectivity index (χ4n) is 3.97. The number of nitrogens with one attached hydrogen (secondary N) is 1. The van der Waals surface area contributed by atoms with Crippen molar-refractivity contribution in [1.29, 1.82) is 0 Å². The number of carbonyl (C=O) groups excluding carboxylic acids is 1. The minimum atomic E-state index is 0. The number of halogens is 1. The van der Waals surface area contributed by atoms with Gasteiger partial charge in [-0.15, -0.1) is 12.4 Å². The molecule has 1 aliphatic heterocycles. The Morgan fingerprint density at radius 2 is 2.04 bits per heavy atom. The van der Waals surface area contributed by atoms with Crippen LogP contribution in [0.3, 0.4) is 0 Å². The summed E-state index contributed by atoms with van der Waals surface area (Å²) >= 11 is 0. The molecule has 1 N–H and O–H groups in total. The van der Waals surface area contributed by atoms with Gasteiger partial charge in [0.05, 0.1) is 5.69 Å². The first kappa shape index (κ1) is 18.9. The van der Waals surface area contributed by atoms with E-state index in [0.29, 0.717) is 5.69 Å². The number of aryl methyl sites for hydroxylation is 1. The van der Waals surface area contributed by atoms with E-state index in [-0.39, 0.29) is 24.4 Å². The van der Waals surface area contributed by atoms with Gasteiger partial charge in [0, 0.05) is 36.9 Å². The third kappa shape index (κ3) is 3.26. The molecule has 4 rings (SSSR count). The molecular weight excluding hydrogens is 348 g/mol. The lowest BCUT2D eigenvalue weighted by atomic mass is 10.1. The van der Waals surface area contributed by atoms with Crippen molar-refractivity contribution >= 4 is 18.3 Å². The summed E-state index contributed by atoms with van der Waals surface area (Å²) in [6, 6.07) is 8.75. The number of hydrogen-bond acceptors (Lipinski definition) is 3. The zero-order valence-corrected chi connectivity index (χ0v) is 16.3. The van der Waals surface area contributed by atoms with Gasteiger partial charge >= 0.3 is 0 Å². The average Bonchev–Trinajstić information content (AvgIpc) is 3.24. The first-order valence-electron chi connectivity index (χ1n) is 9.40. The largest absolute Gasteiger partial charge is 0.332 e. The van der Waals surface area contributed by atoms with Crippen LogP contribution in [-0.4, -0.2) is 46.3 Å². The highest BCUT2D eigenvalue weighted by atomic mass is 35.5. The van der Waals surface area contributed by atoms with E-state index >= 15 is 0 Å². The zero-order chi connectivity index (χ0) is 17.4. The SMILES string of the molecule is CCc1ccc(-n2nc(C(=O)N3CCNCC3C)c3c2CCC3)cc1.Cl. The van der Waals surface area contributed by atoms with Gasteiger partial charge in [-0.2, -0.15) is 5.10 Å². The molecule has 2 aliphatic rings. The quantitative estimate of drug-likeness (QED) is 0.898. The number of fused-ring (bicyclic) bond motifs is 1.